The second-order valence-corrected chi connectivity index (χ2v) is 4.84. The summed E-state index contributed by atoms with van der Waals surface area (Å²) in [5, 5.41) is 0. The quantitative estimate of drug-likeness (QED) is 0.809. The lowest BCUT2D eigenvalue weighted by atomic mass is 10.1. The Morgan fingerprint density at radius 1 is 1.14 bits per heavy atom. The van der Waals surface area contributed by atoms with Crippen molar-refractivity contribution < 1.29 is 14.3 Å². The van der Waals surface area contributed by atoms with Crippen molar-refractivity contribution in [3.63, 3.8) is 0 Å². The molecule has 0 saturated carbocycles. The molecule has 0 fully saturated rings. The monoisotopic (exact) mass is 281 g/mol. The third-order valence-corrected chi connectivity index (χ3v) is 3.55. The van der Waals surface area contributed by atoms with Gasteiger partial charge in [0.1, 0.15) is 12.4 Å². The lowest BCUT2D eigenvalue weighted by molar-refractivity contribution is -0.109. The van der Waals surface area contributed by atoms with Gasteiger partial charge in [-0.05, 0) is 42.3 Å². The van der Waals surface area contributed by atoms with Gasteiger partial charge in [-0.15, -0.1) is 0 Å². The Labute approximate surface area is 123 Å². The van der Waals surface area contributed by atoms with Gasteiger partial charge in [0, 0.05) is 17.8 Å². The van der Waals surface area contributed by atoms with E-state index in [1.165, 1.54) is 5.56 Å². The molecule has 4 heteroatoms. The number of rotatable bonds is 4. The summed E-state index contributed by atoms with van der Waals surface area (Å²) in [4.78, 5) is 24.6. The summed E-state index contributed by atoms with van der Waals surface area (Å²) in [5.74, 6) is 0.572. The van der Waals surface area contributed by atoms with Crippen molar-refractivity contribution in [3.8, 4) is 5.75 Å². The molecule has 0 unspecified atom stereocenters. The number of benzene rings is 2. The van der Waals surface area contributed by atoms with E-state index in [4.69, 9.17) is 4.74 Å². The molecule has 2 aromatic carbocycles. The van der Waals surface area contributed by atoms with Crippen LogP contribution in [0.5, 0.6) is 5.75 Å². The van der Waals surface area contributed by atoms with Gasteiger partial charge in [0.15, 0.2) is 6.29 Å². The van der Waals surface area contributed by atoms with Gasteiger partial charge in [-0.2, -0.15) is 0 Å². The Balaban J connectivity index is 1.78. The van der Waals surface area contributed by atoms with Gasteiger partial charge in [-0.1, -0.05) is 18.2 Å². The molecule has 4 nitrogen and oxygen atoms in total. The molecule has 2 aromatic rings. The fourth-order valence-electron chi connectivity index (χ4n) is 2.53. The van der Waals surface area contributed by atoms with Crippen LogP contribution in [0.3, 0.4) is 0 Å². The summed E-state index contributed by atoms with van der Waals surface area (Å²) >= 11 is 0. The molecule has 1 aliphatic rings. The van der Waals surface area contributed by atoms with Gasteiger partial charge in [0.2, 0.25) is 0 Å². The zero-order valence-corrected chi connectivity index (χ0v) is 11.5. The number of carbonyl (C=O) groups excluding carboxylic acids is 2. The third-order valence-electron chi connectivity index (χ3n) is 3.55. The lowest BCUT2D eigenvalue weighted by Gasteiger charge is -2.17. The average molecular weight is 281 g/mol. The van der Waals surface area contributed by atoms with E-state index in [0.717, 1.165) is 12.1 Å². The number of fused-ring (bicyclic) bond motifs is 1. The molecule has 0 aliphatic carbocycles. The van der Waals surface area contributed by atoms with Crippen LogP contribution in [0.25, 0.3) is 0 Å². The maximum atomic E-state index is 12.6. The van der Waals surface area contributed by atoms with Crippen molar-refractivity contribution in [2.75, 3.05) is 18.1 Å². The predicted molar refractivity (Wildman–Crippen MR) is 79.8 cm³/mol. The molecule has 0 spiro atoms. The summed E-state index contributed by atoms with van der Waals surface area (Å²) in [6.07, 6.45) is 1.59. The van der Waals surface area contributed by atoms with Crippen molar-refractivity contribution in [1.29, 1.82) is 0 Å². The van der Waals surface area contributed by atoms with Crippen molar-refractivity contribution in [1.82, 2.24) is 0 Å². The molecule has 0 saturated heterocycles. The number of carbonyl (C=O) groups is 2. The molecule has 0 bridgehead atoms. The number of para-hydroxylation sites is 1. The summed E-state index contributed by atoms with van der Waals surface area (Å²) in [5.41, 5.74) is 2.81. The fraction of sp³-hybridized carbons (Fsp3) is 0.176. The molecule has 0 N–H and O–H groups in total. The van der Waals surface area contributed by atoms with Crippen LogP contribution in [0, 0.1) is 0 Å². The van der Waals surface area contributed by atoms with Gasteiger partial charge in [0.25, 0.3) is 5.91 Å². The fourth-order valence-corrected chi connectivity index (χ4v) is 2.53. The first-order valence-electron chi connectivity index (χ1n) is 6.86. The molecule has 1 amide bonds. The predicted octanol–water partition coefficient (Wildman–Crippen LogP) is 2.47. The third kappa shape index (κ3) is 2.65. The number of aldehydes is 1. The van der Waals surface area contributed by atoms with Crippen LogP contribution >= 0.6 is 0 Å². The first-order chi connectivity index (χ1) is 10.3. The van der Waals surface area contributed by atoms with Crippen molar-refractivity contribution >= 4 is 17.9 Å². The summed E-state index contributed by atoms with van der Waals surface area (Å²) in [6, 6.07) is 14.8. The SMILES string of the molecule is O=CCOc1ccc(C(=O)N2CCc3ccccc32)cc1. The van der Waals surface area contributed by atoms with Gasteiger partial charge in [-0.3, -0.25) is 9.59 Å². The number of ether oxygens (including phenoxy) is 1. The highest BCUT2D eigenvalue weighted by Gasteiger charge is 2.24. The lowest BCUT2D eigenvalue weighted by Crippen LogP contribution is -2.28. The zero-order chi connectivity index (χ0) is 14.7. The summed E-state index contributed by atoms with van der Waals surface area (Å²) in [7, 11) is 0. The number of nitrogens with zero attached hydrogens (tertiary/aromatic N) is 1. The second kappa shape index (κ2) is 5.79. The molecule has 1 heterocycles. The minimum Gasteiger partial charge on any atom is -0.486 e. The second-order valence-electron chi connectivity index (χ2n) is 4.84. The molecule has 0 aromatic heterocycles. The van der Waals surface area contributed by atoms with E-state index in [9.17, 15) is 9.59 Å². The molecule has 21 heavy (non-hydrogen) atoms. The average Bonchev–Trinajstić information content (AvgIpc) is 2.97. The van der Waals surface area contributed by atoms with Crippen molar-refractivity contribution in [2.45, 2.75) is 6.42 Å². The standard InChI is InChI=1S/C17H15NO3/c19-11-12-21-15-7-5-14(6-8-15)17(20)18-10-9-13-3-1-2-4-16(13)18/h1-8,11H,9-10,12H2. The van der Waals surface area contributed by atoms with E-state index < -0.39 is 0 Å². The van der Waals surface area contributed by atoms with Crippen LogP contribution in [0.15, 0.2) is 48.5 Å². The number of hydrogen-bond donors (Lipinski definition) is 0. The van der Waals surface area contributed by atoms with Gasteiger partial charge in [-0.25, -0.2) is 0 Å². The van der Waals surface area contributed by atoms with Crippen LogP contribution in [0.2, 0.25) is 0 Å². The van der Waals surface area contributed by atoms with Crippen LogP contribution in [-0.2, 0) is 11.2 Å². The van der Waals surface area contributed by atoms with Crippen LogP contribution in [-0.4, -0.2) is 25.3 Å². The Morgan fingerprint density at radius 3 is 2.67 bits per heavy atom. The molecule has 0 radical (unpaired) electrons. The van der Waals surface area contributed by atoms with E-state index in [2.05, 4.69) is 6.07 Å². The van der Waals surface area contributed by atoms with E-state index in [-0.39, 0.29) is 12.5 Å². The summed E-state index contributed by atoms with van der Waals surface area (Å²) < 4.78 is 5.18. The number of hydrogen-bond acceptors (Lipinski definition) is 3. The Kier molecular flexibility index (Phi) is 3.69. The minimum absolute atomic E-state index is 0.0121. The van der Waals surface area contributed by atoms with E-state index in [0.29, 0.717) is 24.1 Å². The van der Waals surface area contributed by atoms with E-state index in [1.54, 1.807) is 29.2 Å². The Hall–Kier alpha value is -2.62. The number of anilines is 1. The summed E-state index contributed by atoms with van der Waals surface area (Å²) in [6.45, 7) is 0.731. The van der Waals surface area contributed by atoms with Gasteiger partial charge >= 0.3 is 0 Å². The molecular weight excluding hydrogens is 266 g/mol. The zero-order valence-electron chi connectivity index (χ0n) is 11.5. The highest BCUT2D eigenvalue weighted by atomic mass is 16.5. The topological polar surface area (TPSA) is 46.6 Å². The van der Waals surface area contributed by atoms with Crippen LogP contribution < -0.4 is 9.64 Å². The van der Waals surface area contributed by atoms with Crippen molar-refractivity contribution in [2.24, 2.45) is 0 Å². The minimum atomic E-state index is -0.0121. The van der Waals surface area contributed by atoms with Gasteiger partial charge in [0.05, 0.1) is 0 Å². The highest BCUT2D eigenvalue weighted by Crippen LogP contribution is 2.29. The molecule has 3 rings (SSSR count). The maximum Gasteiger partial charge on any atom is 0.258 e. The molecular formula is C17H15NO3. The van der Waals surface area contributed by atoms with E-state index >= 15 is 0 Å². The largest absolute Gasteiger partial charge is 0.486 e. The van der Waals surface area contributed by atoms with Gasteiger partial charge < -0.3 is 9.64 Å². The first-order valence-corrected chi connectivity index (χ1v) is 6.86. The Morgan fingerprint density at radius 2 is 1.90 bits per heavy atom. The molecule has 106 valence electrons. The van der Waals surface area contributed by atoms with Crippen molar-refractivity contribution in [3.05, 3.63) is 59.7 Å². The number of amides is 1. The smallest absolute Gasteiger partial charge is 0.258 e. The maximum absolute atomic E-state index is 12.6. The van der Waals surface area contributed by atoms with Crippen LogP contribution in [0.1, 0.15) is 15.9 Å². The normalized spacial score (nSPS) is 12.9. The highest BCUT2D eigenvalue weighted by molar-refractivity contribution is 6.07. The first kappa shape index (κ1) is 13.4. The Bertz CT molecular complexity index is 664. The molecule has 0 atom stereocenters. The van der Waals surface area contributed by atoms with E-state index in [1.807, 2.05) is 18.2 Å². The van der Waals surface area contributed by atoms with Crippen LogP contribution in [0.4, 0.5) is 5.69 Å². The molecule has 1 aliphatic heterocycles.